The first-order valence-corrected chi connectivity index (χ1v) is 10.1. The first kappa shape index (κ1) is 18.9. The van der Waals surface area contributed by atoms with Crippen LogP contribution in [0, 0.1) is 0 Å². The first-order valence-electron chi connectivity index (χ1n) is 8.27. The second kappa shape index (κ2) is 7.39. The minimum absolute atomic E-state index is 0.192. The second-order valence-electron chi connectivity index (χ2n) is 6.45. The number of ether oxygens (including phenoxy) is 1. The number of rotatable bonds is 5. The summed E-state index contributed by atoms with van der Waals surface area (Å²) in [6.07, 6.45) is 1.21. The molecule has 0 spiro atoms. The number of carbonyl (C=O) groups excluding carboxylic acids is 1. The molecular weight excluding hydrogens is 374 g/mol. The zero-order valence-corrected chi connectivity index (χ0v) is 16.1. The quantitative estimate of drug-likeness (QED) is 0.792. The fourth-order valence-corrected chi connectivity index (χ4v) is 4.57. The molecule has 2 atom stereocenters. The Morgan fingerprint density at radius 1 is 1.15 bits per heavy atom. The highest BCUT2D eigenvalue weighted by molar-refractivity contribution is 7.89. The van der Waals surface area contributed by atoms with Gasteiger partial charge in [-0.25, -0.2) is 13.1 Å². The normalized spacial score (nSPS) is 17.6. The maximum atomic E-state index is 12.5. The van der Waals surface area contributed by atoms with E-state index in [0.29, 0.717) is 17.9 Å². The number of hydrogen-bond donors (Lipinski definition) is 1. The molecule has 1 aliphatic rings. The molecule has 0 radical (unpaired) electrons. The average molecular weight is 394 g/mol. The van der Waals surface area contributed by atoms with E-state index < -0.39 is 10.0 Å². The summed E-state index contributed by atoms with van der Waals surface area (Å²) >= 11 is 5.82. The van der Waals surface area contributed by atoms with Gasteiger partial charge >= 0.3 is 5.97 Å². The first-order chi connectivity index (χ1) is 12.3. The van der Waals surface area contributed by atoms with Crippen molar-refractivity contribution in [3.63, 3.8) is 0 Å². The Labute approximate surface area is 158 Å². The van der Waals surface area contributed by atoms with Crippen LogP contribution in [-0.2, 0) is 32.4 Å². The highest BCUT2D eigenvalue weighted by Gasteiger charge is 2.27. The van der Waals surface area contributed by atoms with Crippen LogP contribution in [0.4, 0.5) is 0 Å². The molecule has 2 aromatic rings. The van der Waals surface area contributed by atoms with Gasteiger partial charge in [0.15, 0.2) is 0 Å². The Hall–Kier alpha value is -1.89. The molecule has 0 amide bonds. The third-order valence-electron chi connectivity index (χ3n) is 4.66. The lowest BCUT2D eigenvalue weighted by Gasteiger charge is -2.12. The molecule has 0 fully saturated rings. The molecule has 0 aromatic heterocycles. The highest BCUT2D eigenvalue weighted by atomic mass is 35.5. The van der Waals surface area contributed by atoms with Crippen LogP contribution in [0.1, 0.15) is 29.5 Å². The van der Waals surface area contributed by atoms with E-state index in [2.05, 4.69) is 4.72 Å². The molecule has 0 bridgehead atoms. The fourth-order valence-electron chi connectivity index (χ4n) is 3.20. The van der Waals surface area contributed by atoms with Crippen molar-refractivity contribution in [1.29, 1.82) is 0 Å². The van der Waals surface area contributed by atoms with Crippen LogP contribution in [0.5, 0.6) is 0 Å². The Balaban J connectivity index is 1.74. The van der Waals surface area contributed by atoms with E-state index in [-0.39, 0.29) is 22.8 Å². The molecule has 0 heterocycles. The average Bonchev–Trinajstić information content (AvgIpc) is 3.01. The third kappa shape index (κ3) is 3.92. The number of carbonyl (C=O) groups is 1. The molecule has 5 nitrogen and oxygen atoms in total. The lowest BCUT2D eigenvalue weighted by atomic mass is 9.97. The van der Waals surface area contributed by atoms with E-state index >= 15 is 0 Å². The number of nitrogens with one attached hydrogen (secondary N) is 1. The van der Waals surface area contributed by atoms with Crippen molar-refractivity contribution in [1.82, 2.24) is 4.72 Å². The number of fused-ring (bicyclic) bond motifs is 1. The number of halogens is 1. The molecule has 0 aliphatic heterocycles. The van der Waals surface area contributed by atoms with Crippen LogP contribution < -0.4 is 4.72 Å². The monoisotopic (exact) mass is 393 g/mol. The molecule has 0 saturated carbocycles. The van der Waals surface area contributed by atoms with Gasteiger partial charge in [0, 0.05) is 11.1 Å². The van der Waals surface area contributed by atoms with Gasteiger partial charge in [0.25, 0.3) is 0 Å². The zero-order valence-electron chi connectivity index (χ0n) is 14.5. The highest BCUT2D eigenvalue weighted by Crippen LogP contribution is 2.28. The van der Waals surface area contributed by atoms with Crippen molar-refractivity contribution < 1.29 is 17.9 Å². The minimum atomic E-state index is -3.60. The van der Waals surface area contributed by atoms with Crippen LogP contribution >= 0.6 is 11.6 Å². The SMILES string of the molecule is COC(=O)C(C)c1ccc2c(c1)CC(NS(=O)(=O)c1ccc(Cl)cc1)C2. The second-order valence-corrected chi connectivity index (χ2v) is 8.60. The topological polar surface area (TPSA) is 72.5 Å². The third-order valence-corrected chi connectivity index (χ3v) is 6.45. The summed E-state index contributed by atoms with van der Waals surface area (Å²) < 4.78 is 32.6. The van der Waals surface area contributed by atoms with E-state index in [9.17, 15) is 13.2 Å². The summed E-state index contributed by atoms with van der Waals surface area (Å²) in [4.78, 5) is 11.9. The fraction of sp³-hybridized carbons (Fsp3) is 0.316. The van der Waals surface area contributed by atoms with Gasteiger partial charge in [0.2, 0.25) is 10.0 Å². The maximum Gasteiger partial charge on any atom is 0.312 e. The Morgan fingerprint density at radius 3 is 2.46 bits per heavy atom. The zero-order chi connectivity index (χ0) is 18.9. The predicted molar refractivity (Wildman–Crippen MR) is 99.8 cm³/mol. The van der Waals surface area contributed by atoms with Gasteiger partial charge in [-0.05, 0) is 60.7 Å². The van der Waals surface area contributed by atoms with Crippen LogP contribution in [0.3, 0.4) is 0 Å². The maximum absolute atomic E-state index is 12.5. The van der Waals surface area contributed by atoms with Gasteiger partial charge in [-0.15, -0.1) is 0 Å². The van der Waals surface area contributed by atoms with Crippen LogP contribution in [0.25, 0.3) is 0 Å². The van der Waals surface area contributed by atoms with Crippen LogP contribution in [-0.4, -0.2) is 27.5 Å². The number of sulfonamides is 1. The number of methoxy groups -OCH3 is 1. The Bertz CT molecular complexity index is 925. The molecule has 2 aromatic carbocycles. The molecule has 138 valence electrons. The summed E-state index contributed by atoms with van der Waals surface area (Å²) in [5, 5.41) is 0.490. The molecular formula is C19H20ClNO4S. The molecule has 7 heteroatoms. The van der Waals surface area contributed by atoms with Crippen molar-refractivity contribution in [3.05, 3.63) is 64.2 Å². The van der Waals surface area contributed by atoms with Gasteiger partial charge in [-0.1, -0.05) is 29.8 Å². The standard InChI is InChI=1S/C19H20ClNO4S/c1-12(19(22)25-2)13-3-4-14-10-17(11-15(14)9-13)21-26(23,24)18-7-5-16(20)6-8-18/h3-9,12,17,21H,10-11H2,1-2H3. The van der Waals surface area contributed by atoms with Crippen molar-refractivity contribution in [2.45, 2.75) is 36.6 Å². The van der Waals surface area contributed by atoms with Crippen molar-refractivity contribution in [3.8, 4) is 0 Å². The Morgan fingerprint density at radius 2 is 1.81 bits per heavy atom. The van der Waals surface area contributed by atoms with Gasteiger partial charge in [0.1, 0.15) is 0 Å². The van der Waals surface area contributed by atoms with Crippen molar-refractivity contribution >= 4 is 27.6 Å². The molecule has 26 heavy (non-hydrogen) atoms. The molecule has 1 aliphatic carbocycles. The van der Waals surface area contributed by atoms with Crippen molar-refractivity contribution in [2.75, 3.05) is 7.11 Å². The van der Waals surface area contributed by atoms with Crippen LogP contribution in [0.2, 0.25) is 5.02 Å². The van der Waals surface area contributed by atoms with E-state index in [1.54, 1.807) is 19.1 Å². The van der Waals surface area contributed by atoms with Gasteiger partial charge < -0.3 is 4.74 Å². The number of hydrogen-bond acceptors (Lipinski definition) is 4. The Kier molecular flexibility index (Phi) is 5.37. The summed E-state index contributed by atoms with van der Waals surface area (Å²) in [6.45, 7) is 1.79. The molecule has 2 unspecified atom stereocenters. The largest absolute Gasteiger partial charge is 0.469 e. The molecule has 1 N–H and O–H groups in total. The smallest absolute Gasteiger partial charge is 0.312 e. The molecule has 3 rings (SSSR count). The summed E-state index contributed by atoms with van der Waals surface area (Å²) in [6, 6.07) is 11.7. The summed E-state index contributed by atoms with van der Waals surface area (Å²) in [5.41, 5.74) is 3.02. The number of esters is 1. The minimum Gasteiger partial charge on any atom is -0.469 e. The van der Waals surface area contributed by atoms with E-state index in [1.165, 1.54) is 19.2 Å². The lowest BCUT2D eigenvalue weighted by molar-refractivity contribution is -0.141. The van der Waals surface area contributed by atoms with Crippen molar-refractivity contribution in [2.24, 2.45) is 0 Å². The van der Waals surface area contributed by atoms with Crippen LogP contribution in [0.15, 0.2) is 47.4 Å². The molecule has 0 saturated heterocycles. The summed E-state index contributed by atoms with van der Waals surface area (Å²) in [5.74, 6) is -0.641. The van der Waals surface area contributed by atoms with Gasteiger partial charge in [0.05, 0.1) is 17.9 Å². The van der Waals surface area contributed by atoms with E-state index in [4.69, 9.17) is 16.3 Å². The predicted octanol–water partition coefficient (Wildman–Crippen LogP) is 3.06. The van der Waals surface area contributed by atoms with E-state index in [0.717, 1.165) is 16.7 Å². The van der Waals surface area contributed by atoms with Gasteiger partial charge in [-0.3, -0.25) is 4.79 Å². The lowest BCUT2D eigenvalue weighted by Crippen LogP contribution is -2.35. The van der Waals surface area contributed by atoms with E-state index in [1.807, 2.05) is 18.2 Å². The van der Waals surface area contributed by atoms with Gasteiger partial charge in [-0.2, -0.15) is 0 Å². The number of benzene rings is 2. The summed E-state index contributed by atoms with van der Waals surface area (Å²) in [7, 11) is -2.24.